The molecule has 0 bridgehead atoms. The van der Waals surface area contributed by atoms with Crippen molar-refractivity contribution in [1.82, 2.24) is 30.8 Å². The molecular weight excluding hydrogens is 804 g/mol. The number of H-pyrrole nitrogens is 1. The number of imide groups is 1. The summed E-state index contributed by atoms with van der Waals surface area (Å²) in [5, 5.41) is 28.4. The number of alkyl carbamates (subject to hydrolysis) is 2. The Morgan fingerprint density at radius 3 is 2.06 bits per heavy atom. The van der Waals surface area contributed by atoms with Gasteiger partial charge in [0.1, 0.15) is 29.8 Å². The number of benzene rings is 3. The van der Waals surface area contributed by atoms with Gasteiger partial charge in [-0.15, -0.1) is 0 Å². The minimum atomic E-state index is -1.68. The van der Waals surface area contributed by atoms with Crippen molar-refractivity contribution >= 4 is 52.3 Å². The summed E-state index contributed by atoms with van der Waals surface area (Å²) in [7, 11) is 2.32. The number of fused-ring (bicyclic) bond motifs is 1. The number of hydrogen-bond acceptors (Lipinski definition) is 12. The Bertz CT molecular complexity index is 2250. The van der Waals surface area contributed by atoms with Crippen LogP contribution < -0.4 is 25.8 Å². The number of likely N-dealkylation sites (tertiary alicyclic amines) is 1. The molecule has 1 aromatic heterocycles. The van der Waals surface area contributed by atoms with Crippen molar-refractivity contribution in [3.05, 3.63) is 89.5 Å². The van der Waals surface area contributed by atoms with Gasteiger partial charge in [0.05, 0.1) is 42.5 Å². The number of anilines is 2. The number of aromatic nitrogens is 2. The average molecular weight is 859 g/mol. The lowest BCUT2D eigenvalue weighted by molar-refractivity contribution is -0.140. The SMILES string of the molecule is COC(=O)N[C@H](C(=O)NC(=O)[C@@H]1CCCN1c1ccc(CN(Cc2ccc3[nH]c([C@@H]4CCCN4C(=O)[C@@H](NC(=O)OC)C(C)(C)O)nc3c2)c2ccc(F)cc2)cc1)C(C)(C)O. The molecule has 2 saturated heterocycles. The van der Waals surface area contributed by atoms with Gasteiger partial charge in [-0.1, -0.05) is 18.2 Å². The molecule has 5 amide bonds. The van der Waals surface area contributed by atoms with Gasteiger partial charge in [-0.2, -0.15) is 0 Å². The number of nitrogens with zero attached hydrogens (tertiary/aromatic N) is 4. The molecule has 0 saturated carbocycles. The Hall–Kier alpha value is -6.27. The van der Waals surface area contributed by atoms with Crippen LogP contribution in [0.3, 0.4) is 0 Å². The predicted octanol–water partition coefficient (Wildman–Crippen LogP) is 4.17. The van der Waals surface area contributed by atoms with Crippen LogP contribution in [0.15, 0.2) is 66.7 Å². The third-order valence-corrected chi connectivity index (χ3v) is 11.2. The zero-order valence-corrected chi connectivity index (χ0v) is 35.7. The first-order valence-corrected chi connectivity index (χ1v) is 20.5. The van der Waals surface area contributed by atoms with E-state index in [9.17, 15) is 38.6 Å². The van der Waals surface area contributed by atoms with Crippen molar-refractivity contribution in [2.45, 2.75) is 102 Å². The normalized spacial score (nSPS) is 17.6. The molecule has 6 N–H and O–H groups in total. The van der Waals surface area contributed by atoms with Gasteiger partial charge in [0.25, 0.3) is 5.91 Å². The second-order valence-corrected chi connectivity index (χ2v) is 16.8. The van der Waals surface area contributed by atoms with Crippen LogP contribution in [0.1, 0.15) is 76.4 Å². The number of halogens is 1. The van der Waals surface area contributed by atoms with Crippen LogP contribution in [-0.4, -0.2) is 112 Å². The first kappa shape index (κ1) is 45.3. The summed E-state index contributed by atoms with van der Waals surface area (Å²) in [4.78, 5) is 78.0. The molecule has 2 aliphatic rings. The van der Waals surface area contributed by atoms with Crippen LogP contribution in [0.25, 0.3) is 11.0 Å². The number of carbonyl (C=O) groups excluding carboxylic acids is 5. The standard InChI is InChI=1S/C44H55FN8O9/c1-43(2,59)35(48-41(57)61-5)39(55)50-38(54)34-10-8-21-52(34)30-16-11-26(12-17-30)24-51(29-18-14-28(45)15-19-29)25-27-13-20-31-32(23-27)47-37(46-31)33-9-7-22-53(33)40(56)36(44(3,4)60)49-42(58)62-6/h11-20,23,33-36,59-60H,7-10,21-22,24-25H2,1-6H3,(H,46,47)(H,48,57)(H,49,58)(H,50,54,55)/t33-,34-,35+,36+/m0/s1. The van der Waals surface area contributed by atoms with Crippen LogP contribution >= 0.6 is 0 Å². The summed E-state index contributed by atoms with van der Waals surface area (Å²) in [6, 6.07) is 16.1. The summed E-state index contributed by atoms with van der Waals surface area (Å²) in [5.74, 6) is -1.63. The van der Waals surface area contributed by atoms with Gasteiger partial charge < -0.3 is 50.0 Å². The van der Waals surface area contributed by atoms with E-state index < -0.39 is 65.3 Å². The number of aromatic amines is 1. The molecule has 4 atom stereocenters. The monoisotopic (exact) mass is 858 g/mol. The van der Waals surface area contributed by atoms with Gasteiger partial charge in [-0.3, -0.25) is 19.7 Å². The smallest absolute Gasteiger partial charge is 0.407 e. The fourth-order valence-electron chi connectivity index (χ4n) is 8.01. The summed E-state index contributed by atoms with van der Waals surface area (Å²) in [6.07, 6.45) is 0.794. The number of methoxy groups -OCH3 is 2. The Labute approximate surface area is 358 Å². The minimum absolute atomic E-state index is 0.362. The first-order valence-electron chi connectivity index (χ1n) is 20.5. The highest BCUT2D eigenvalue weighted by Crippen LogP contribution is 2.34. The third kappa shape index (κ3) is 10.6. The molecule has 3 aromatic carbocycles. The van der Waals surface area contributed by atoms with E-state index in [2.05, 4.69) is 30.6 Å². The summed E-state index contributed by atoms with van der Waals surface area (Å²) < 4.78 is 23.4. The maximum Gasteiger partial charge on any atom is 0.407 e. The fourth-order valence-corrected chi connectivity index (χ4v) is 8.01. The lowest BCUT2D eigenvalue weighted by Crippen LogP contribution is -2.60. The Morgan fingerprint density at radius 2 is 1.44 bits per heavy atom. The topological polar surface area (TPSA) is 219 Å². The number of nitrogens with one attached hydrogen (secondary N) is 4. The molecule has 332 valence electrons. The number of imidazole rings is 1. The molecule has 3 heterocycles. The highest BCUT2D eigenvalue weighted by atomic mass is 19.1. The van der Waals surface area contributed by atoms with Gasteiger partial charge in [-0.25, -0.2) is 19.0 Å². The van der Waals surface area contributed by atoms with E-state index in [0.29, 0.717) is 63.2 Å². The van der Waals surface area contributed by atoms with E-state index >= 15 is 0 Å². The minimum Gasteiger partial charge on any atom is -0.453 e. The number of ether oxygens (including phenoxy) is 2. The molecule has 2 aliphatic heterocycles. The zero-order valence-electron chi connectivity index (χ0n) is 35.7. The molecule has 6 rings (SSSR count). The van der Waals surface area contributed by atoms with Crippen molar-refractivity contribution in [3.63, 3.8) is 0 Å². The lowest BCUT2D eigenvalue weighted by atomic mass is 9.97. The molecule has 62 heavy (non-hydrogen) atoms. The van der Waals surface area contributed by atoms with Crippen LogP contribution in [-0.2, 0) is 36.9 Å². The molecule has 0 spiro atoms. The van der Waals surface area contributed by atoms with E-state index in [0.717, 1.165) is 35.1 Å². The number of hydrogen-bond donors (Lipinski definition) is 6. The van der Waals surface area contributed by atoms with Crippen LogP contribution in [0, 0.1) is 5.82 Å². The highest BCUT2D eigenvalue weighted by Gasteiger charge is 2.43. The van der Waals surface area contributed by atoms with Gasteiger partial charge in [0.15, 0.2) is 0 Å². The van der Waals surface area contributed by atoms with Gasteiger partial charge in [0.2, 0.25) is 11.8 Å². The molecule has 0 radical (unpaired) electrons. The molecule has 4 aromatic rings. The largest absolute Gasteiger partial charge is 0.453 e. The van der Waals surface area contributed by atoms with E-state index in [-0.39, 0.29) is 5.82 Å². The number of rotatable bonds is 14. The van der Waals surface area contributed by atoms with Gasteiger partial charge in [-0.05, 0) is 113 Å². The summed E-state index contributed by atoms with van der Waals surface area (Å²) in [6.45, 7) is 7.47. The summed E-state index contributed by atoms with van der Waals surface area (Å²) >= 11 is 0. The molecule has 2 fully saturated rings. The second-order valence-electron chi connectivity index (χ2n) is 16.8. The van der Waals surface area contributed by atoms with E-state index in [1.807, 2.05) is 47.4 Å². The van der Waals surface area contributed by atoms with Crippen molar-refractivity contribution in [2.75, 3.05) is 37.1 Å². The lowest BCUT2D eigenvalue weighted by Gasteiger charge is -2.34. The van der Waals surface area contributed by atoms with Crippen molar-refractivity contribution < 1.29 is 48.0 Å². The van der Waals surface area contributed by atoms with E-state index in [1.54, 1.807) is 17.0 Å². The molecule has 0 unspecified atom stereocenters. The first-order chi connectivity index (χ1) is 29.4. The zero-order chi connectivity index (χ0) is 44.9. The fraction of sp³-hybridized carbons (Fsp3) is 0.455. The number of carbonyl (C=O) groups is 5. The highest BCUT2D eigenvalue weighted by molar-refractivity contribution is 6.02. The molecule has 18 heteroatoms. The Morgan fingerprint density at radius 1 is 0.839 bits per heavy atom. The maximum absolute atomic E-state index is 14.1. The van der Waals surface area contributed by atoms with Gasteiger partial charge >= 0.3 is 12.2 Å². The average Bonchev–Trinajstić information content (AvgIpc) is 4.01. The molecular formula is C44H55FN8O9. The second kappa shape index (κ2) is 18.8. The van der Waals surface area contributed by atoms with Crippen molar-refractivity contribution in [2.24, 2.45) is 0 Å². The van der Waals surface area contributed by atoms with Crippen LogP contribution in [0.5, 0.6) is 0 Å². The predicted molar refractivity (Wildman–Crippen MR) is 227 cm³/mol. The third-order valence-electron chi connectivity index (χ3n) is 11.2. The van der Waals surface area contributed by atoms with Crippen LogP contribution in [0.4, 0.5) is 25.4 Å². The van der Waals surface area contributed by atoms with Crippen LogP contribution in [0.2, 0.25) is 0 Å². The number of amides is 5. The van der Waals surface area contributed by atoms with Crippen molar-refractivity contribution in [3.8, 4) is 0 Å². The number of aliphatic hydroxyl groups is 2. The molecule has 17 nitrogen and oxygen atoms in total. The van der Waals surface area contributed by atoms with E-state index in [1.165, 1.54) is 46.9 Å². The quantitative estimate of drug-likeness (QED) is 0.105. The maximum atomic E-state index is 14.1. The van der Waals surface area contributed by atoms with Crippen molar-refractivity contribution in [1.29, 1.82) is 0 Å². The summed E-state index contributed by atoms with van der Waals surface area (Å²) in [5.41, 5.74) is 1.64. The van der Waals surface area contributed by atoms with Gasteiger partial charge in [0, 0.05) is 37.6 Å². The molecule has 0 aliphatic carbocycles. The van der Waals surface area contributed by atoms with E-state index in [4.69, 9.17) is 9.72 Å². The Kier molecular flexibility index (Phi) is 13.7. The Balaban J connectivity index is 1.17.